The largest absolute Gasteiger partial charge is 0.460 e. The number of hydrogen-bond donors (Lipinski definition) is 2. The summed E-state index contributed by atoms with van der Waals surface area (Å²) in [5.41, 5.74) is -0.120. The Morgan fingerprint density at radius 2 is 1.73 bits per heavy atom. The van der Waals surface area contributed by atoms with E-state index in [1.54, 1.807) is 7.05 Å². The first-order valence-corrected chi connectivity index (χ1v) is 11.9. The first-order valence-electron chi connectivity index (χ1n) is 11.9. The fraction of sp³-hybridized carbons (Fsp3) is 0.593. The number of amides is 2. The van der Waals surface area contributed by atoms with Gasteiger partial charge in [-0.1, -0.05) is 69.5 Å². The highest BCUT2D eigenvalue weighted by Crippen LogP contribution is 2.45. The second kappa shape index (κ2) is 11.5. The zero-order valence-electron chi connectivity index (χ0n) is 20.8. The minimum atomic E-state index is -1.36. The Morgan fingerprint density at radius 1 is 1.12 bits per heavy atom. The van der Waals surface area contributed by atoms with Crippen LogP contribution in [0.3, 0.4) is 0 Å². The SMILES string of the molecule is C=C(C)CC[C@](C(=O)N[C@H](C(=O)NC)C(C)(C)C)(C(=O)OCc1ccccc1)C1CCCC1. The predicted octanol–water partition coefficient (Wildman–Crippen LogP) is 4.54. The summed E-state index contributed by atoms with van der Waals surface area (Å²) in [4.78, 5) is 40.3. The van der Waals surface area contributed by atoms with Crippen molar-refractivity contribution in [2.24, 2.45) is 16.7 Å². The molecule has 0 unspecified atom stereocenters. The molecule has 0 bridgehead atoms. The third-order valence-electron chi connectivity index (χ3n) is 6.63. The van der Waals surface area contributed by atoms with Crippen LogP contribution in [0, 0.1) is 16.7 Å². The van der Waals surface area contributed by atoms with Crippen LogP contribution in [-0.2, 0) is 25.7 Å². The van der Waals surface area contributed by atoms with Crippen LogP contribution in [0.5, 0.6) is 0 Å². The number of likely N-dealkylation sites (N-methyl/N-ethyl adjacent to an activating group) is 1. The fourth-order valence-electron chi connectivity index (χ4n) is 4.63. The third kappa shape index (κ3) is 6.68. The molecule has 0 heterocycles. The minimum Gasteiger partial charge on any atom is -0.460 e. The van der Waals surface area contributed by atoms with Crippen molar-refractivity contribution in [3.05, 3.63) is 48.0 Å². The summed E-state index contributed by atoms with van der Waals surface area (Å²) in [6.07, 6.45) is 4.35. The van der Waals surface area contributed by atoms with Crippen LogP contribution in [0.1, 0.15) is 71.8 Å². The molecule has 1 aromatic carbocycles. The molecule has 1 aliphatic carbocycles. The molecule has 1 fully saturated rings. The van der Waals surface area contributed by atoms with Gasteiger partial charge in [0.05, 0.1) is 0 Å². The molecule has 2 N–H and O–H groups in total. The third-order valence-corrected chi connectivity index (χ3v) is 6.63. The monoisotopic (exact) mass is 456 g/mol. The Balaban J connectivity index is 2.43. The second-order valence-electron chi connectivity index (χ2n) is 10.4. The number of esters is 1. The van der Waals surface area contributed by atoms with E-state index in [-0.39, 0.29) is 18.4 Å². The molecule has 1 aromatic rings. The molecule has 0 saturated heterocycles. The lowest BCUT2D eigenvalue weighted by Crippen LogP contribution is -2.59. The van der Waals surface area contributed by atoms with Crippen LogP contribution >= 0.6 is 0 Å². The van der Waals surface area contributed by atoms with Gasteiger partial charge in [-0.3, -0.25) is 14.4 Å². The van der Waals surface area contributed by atoms with Gasteiger partial charge < -0.3 is 15.4 Å². The molecule has 6 heteroatoms. The molecule has 0 aliphatic heterocycles. The smallest absolute Gasteiger partial charge is 0.322 e. The van der Waals surface area contributed by atoms with Gasteiger partial charge in [-0.2, -0.15) is 0 Å². The quantitative estimate of drug-likeness (QED) is 0.308. The molecule has 33 heavy (non-hydrogen) atoms. The van der Waals surface area contributed by atoms with Gasteiger partial charge in [0.25, 0.3) is 0 Å². The van der Waals surface area contributed by atoms with Crippen LogP contribution in [0.2, 0.25) is 0 Å². The fourth-order valence-corrected chi connectivity index (χ4v) is 4.63. The first-order chi connectivity index (χ1) is 15.5. The Morgan fingerprint density at radius 3 is 2.24 bits per heavy atom. The summed E-state index contributed by atoms with van der Waals surface area (Å²) in [7, 11) is 1.55. The van der Waals surface area contributed by atoms with Gasteiger partial charge >= 0.3 is 5.97 Å². The van der Waals surface area contributed by atoms with Gasteiger partial charge in [0.2, 0.25) is 11.8 Å². The molecule has 2 amide bonds. The molecule has 182 valence electrons. The molecule has 1 saturated carbocycles. The van der Waals surface area contributed by atoms with Crippen molar-refractivity contribution in [3.8, 4) is 0 Å². The molecule has 2 atom stereocenters. The van der Waals surface area contributed by atoms with E-state index < -0.39 is 28.7 Å². The maximum Gasteiger partial charge on any atom is 0.322 e. The number of hydrogen-bond acceptors (Lipinski definition) is 4. The highest BCUT2D eigenvalue weighted by molar-refractivity contribution is 6.04. The van der Waals surface area contributed by atoms with Gasteiger partial charge in [0.15, 0.2) is 0 Å². The van der Waals surface area contributed by atoms with Crippen LogP contribution in [0.15, 0.2) is 42.5 Å². The maximum atomic E-state index is 14.0. The topological polar surface area (TPSA) is 84.5 Å². The van der Waals surface area contributed by atoms with E-state index in [0.29, 0.717) is 12.8 Å². The van der Waals surface area contributed by atoms with Crippen LogP contribution in [0.25, 0.3) is 0 Å². The zero-order chi connectivity index (χ0) is 24.6. The van der Waals surface area contributed by atoms with E-state index >= 15 is 0 Å². The highest BCUT2D eigenvalue weighted by Gasteiger charge is 2.54. The van der Waals surface area contributed by atoms with Crippen molar-refractivity contribution >= 4 is 17.8 Å². The van der Waals surface area contributed by atoms with Gasteiger partial charge in [0, 0.05) is 7.05 Å². The normalized spacial score (nSPS) is 17.0. The lowest BCUT2D eigenvalue weighted by atomic mass is 9.69. The molecule has 6 nitrogen and oxygen atoms in total. The van der Waals surface area contributed by atoms with E-state index in [9.17, 15) is 14.4 Å². The van der Waals surface area contributed by atoms with Gasteiger partial charge in [0.1, 0.15) is 18.1 Å². The summed E-state index contributed by atoms with van der Waals surface area (Å²) < 4.78 is 5.78. The number of benzene rings is 1. The summed E-state index contributed by atoms with van der Waals surface area (Å²) in [5.74, 6) is -1.35. The molecule has 0 spiro atoms. The summed E-state index contributed by atoms with van der Waals surface area (Å²) in [6.45, 7) is 11.7. The molecule has 0 aromatic heterocycles. The molecular weight excluding hydrogens is 416 g/mol. The number of carbonyl (C=O) groups is 3. The Kier molecular flexibility index (Phi) is 9.26. The zero-order valence-corrected chi connectivity index (χ0v) is 20.8. The number of allylic oxidation sites excluding steroid dienone is 1. The number of carbonyl (C=O) groups excluding carboxylic acids is 3. The molecule has 2 rings (SSSR count). The molecule has 0 radical (unpaired) electrons. The summed E-state index contributed by atoms with van der Waals surface area (Å²) >= 11 is 0. The summed E-state index contributed by atoms with van der Waals surface area (Å²) in [5, 5.41) is 5.59. The predicted molar refractivity (Wildman–Crippen MR) is 130 cm³/mol. The van der Waals surface area contributed by atoms with Crippen LogP contribution < -0.4 is 10.6 Å². The maximum absolute atomic E-state index is 14.0. The van der Waals surface area contributed by atoms with E-state index in [0.717, 1.165) is 36.8 Å². The van der Waals surface area contributed by atoms with E-state index in [1.807, 2.05) is 58.0 Å². The molecular formula is C27H40N2O4. The van der Waals surface area contributed by atoms with Gasteiger partial charge in [-0.15, -0.1) is 6.58 Å². The van der Waals surface area contributed by atoms with Crippen LogP contribution in [-0.4, -0.2) is 30.9 Å². The molecule has 1 aliphatic rings. The van der Waals surface area contributed by atoms with Crippen molar-refractivity contribution in [1.29, 1.82) is 0 Å². The standard InChI is InChI=1S/C27H40N2O4/c1-19(2)16-17-27(21-14-10-11-15-21,25(32)33-18-20-12-8-7-9-13-20)24(31)29-22(23(30)28-6)26(3,4)5/h7-9,12-13,21-22H,1,10-11,14-18H2,2-6H3,(H,28,30)(H,29,31)/t22-,27+/m1/s1. The average molecular weight is 457 g/mol. The lowest BCUT2D eigenvalue weighted by molar-refractivity contribution is -0.168. The number of nitrogens with one attached hydrogen (secondary N) is 2. The number of rotatable bonds is 10. The average Bonchev–Trinajstić information content (AvgIpc) is 3.31. The Labute approximate surface area is 198 Å². The van der Waals surface area contributed by atoms with E-state index in [4.69, 9.17) is 4.74 Å². The van der Waals surface area contributed by atoms with Crippen LogP contribution in [0.4, 0.5) is 0 Å². The minimum absolute atomic E-state index is 0.104. The first kappa shape index (κ1) is 26.6. The van der Waals surface area contributed by atoms with Crippen molar-refractivity contribution in [3.63, 3.8) is 0 Å². The summed E-state index contributed by atoms with van der Waals surface area (Å²) in [6, 6.07) is 8.68. The van der Waals surface area contributed by atoms with Crippen molar-refractivity contribution in [1.82, 2.24) is 10.6 Å². The number of ether oxygens (including phenoxy) is 1. The van der Waals surface area contributed by atoms with E-state index in [1.165, 1.54) is 0 Å². The van der Waals surface area contributed by atoms with Crippen molar-refractivity contribution < 1.29 is 19.1 Å². The Hall–Kier alpha value is -2.63. The highest BCUT2D eigenvalue weighted by atomic mass is 16.5. The second-order valence-corrected chi connectivity index (χ2v) is 10.4. The van der Waals surface area contributed by atoms with Crippen molar-refractivity contribution in [2.45, 2.75) is 78.9 Å². The lowest BCUT2D eigenvalue weighted by Gasteiger charge is -2.39. The van der Waals surface area contributed by atoms with E-state index in [2.05, 4.69) is 17.2 Å². The van der Waals surface area contributed by atoms with Gasteiger partial charge in [-0.05, 0) is 49.5 Å². The Bertz CT molecular complexity index is 837. The van der Waals surface area contributed by atoms with Gasteiger partial charge in [-0.25, -0.2) is 0 Å². The van der Waals surface area contributed by atoms with Crippen molar-refractivity contribution in [2.75, 3.05) is 7.05 Å².